The van der Waals surface area contributed by atoms with Gasteiger partial charge >= 0.3 is 0 Å². The molecule has 0 saturated carbocycles. The minimum Gasteiger partial charge on any atom is -0.497 e. The van der Waals surface area contributed by atoms with E-state index in [1.54, 1.807) is 25.3 Å². The Labute approximate surface area is 115 Å². The predicted molar refractivity (Wildman–Crippen MR) is 73.2 cm³/mol. The van der Waals surface area contributed by atoms with Crippen molar-refractivity contribution in [1.29, 1.82) is 5.26 Å². The van der Waals surface area contributed by atoms with Gasteiger partial charge in [-0.3, -0.25) is 0 Å². The second kappa shape index (κ2) is 5.30. The summed E-state index contributed by atoms with van der Waals surface area (Å²) in [6, 6.07) is 12.7. The average Bonchev–Trinajstić information content (AvgIpc) is 2.41. The van der Waals surface area contributed by atoms with Gasteiger partial charge < -0.3 is 4.74 Å². The third kappa shape index (κ3) is 2.43. The van der Waals surface area contributed by atoms with E-state index in [2.05, 4.69) is 6.07 Å². The smallest absolute Gasteiger partial charge is 0.120 e. The third-order valence-electron chi connectivity index (χ3n) is 2.53. The molecular formula is C14H9Cl2NO. The Kier molecular flexibility index (Phi) is 3.76. The van der Waals surface area contributed by atoms with Crippen LogP contribution in [0.5, 0.6) is 5.75 Å². The maximum absolute atomic E-state index is 8.99. The van der Waals surface area contributed by atoms with Crippen LogP contribution in [-0.4, -0.2) is 7.11 Å². The first-order valence-electron chi connectivity index (χ1n) is 5.19. The molecule has 0 heterocycles. The molecule has 0 saturated heterocycles. The summed E-state index contributed by atoms with van der Waals surface area (Å²) in [4.78, 5) is 0. The van der Waals surface area contributed by atoms with Gasteiger partial charge in [0.15, 0.2) is 0 Å². The molecule has 0 aliphatic carbocycles. The summed E-state index contributed by atoms with van der Waals surface area (Å²) in [5.41, 5.74) is 2.10. The van der Waals surface area contributed by atoms with Crippen LogP contribution in [0.15, 0.2) is 36.4 Å². The minimum atomic E-state index is 0.469. The standard InChI is InChI=1S/C14H9Cl2NO/c1-18-11-6-9(8-17)5-10(7-11)12-3-2-4-13(15)14(12)16/h2-7H,1H3. The van der Waals surface area contributed by atoms with Crippen LogP contribution in [0.2, 0.25) is 10.0 Å². The lowest BCUT2D eigenvalue weighted by atomic mass is 10.0. The van der Waals surface area contributed by atoms with Crippen LogP contribution in [0.1, 0.15) is 5.56 Å². The van der Waals surface area contributed by atoms with Crippen molar-refractivity contribution in [1.82, 2.24) is 0 Å². The van der Waals surface area contributed by atoms with E-state index in [9.17, 15) is 0 Å². The molecule has 0 atom stereocenters. The maximum Gasteiger partial charge on any atom is 0.120 e. The summed E-state index contributed by atoms with van der Waals surface area (Å²) in [5, 5.41) is 9.94. The zero-order valence-corrected chi connectivity index (χ0v) is 11.1. The van der Waals surface area contributed by atoms with E-state index in [-0.39, 0.29) is 0 Å². The van der Waals surface area contributed by atoms with Gasteiger partial charge in [-0.1, -0.05) is 35.3 Å². The Bertz CT molecular complexity index is 632. The number of methoxy groups -OCH3 is 1. The van der Waals surface area contributed by atoms with Crippen LogP contribution in [0.4, 0.5) is 0 Å². The van der Waals surface area contributed by atoms with Crippen molar-refractivity contribution in [3.05, 3.63) is 52.0 Å². The molecule has 2 nitrogen and oxygen atoms in total. The second-order valence-corrected chi connectivity index (χ2v) is 4.45. The van der Waals surface area contributed by atoms with Crippen molar-refractivity contribution >= 4 is 23.2 Å². The van der Waals surface area contributed by atoms with Gasteiger partial charge in [-0.25, -0.2) is 0 Å². The van der Waals surface area contributed by atoms with Crippen molar-refractivity contribution < 1.29 is 4.74 Å². The molecule has 0 aromatic heterocycles. The number of hydrogen-bond acceptors (Lipinski definition) is 2. The predicted octanol–water partition coefficient (Wildman–Crippen LogP) is 4.54. The number of nitrogens with zero attached hydrogens (tertiary/aromatic N) is 1. The molecule has 0 radical (unpaired) electrons. The molecule has 18 heavy (non-hydrogen) atoms. The fourth-order valence-electron chi connectivity index (χ4n) is 1.66. The number of ether oxygens (including phenoxy) is 1. The summed E-state index contributed by atoms with van der Waals surface area (Å²) >= 11 is 12.1. The summed E-state index contributed by atoms with van der Waals surface area (Å²) in [5.74, 6) is 0.611. The molecule has 0 fully saturated rings. The van der Waals surface area contributed by atoms with Crippen molar-refractivity contribution in [2.45, 2.75) is 0 Å². The highest BCUT2D eigenvalue weighted by Gasteiger charge is 2.09. The molecule has 0 unspecified atom stereocenters. The number of nitriles is 1. The Morgan fingerprint density at radius 3 is 2.61 bits per heavy atom. The van der Waals surface area contributed by atoms with E-state index in [0.29, 0.717) is 21.4 Å². The van der Waals surface area contributed by atoms with Gasteiger partial charge in [-0.2, -0.15) is 5.26 Å². The second-order valence-electron chi connectivity index (χ2n) is 3.66. The Morgan fingerprint density at radius 2 is 1.94 bits per heavy atom. The van der Waals surface area contributed by atoms with Gasteiger partial charge in [-0.05, 0) is 29.8 Å². The highest BCUT2D eigenvalue weighted by molar-refractivity contribution is 6.43. The summed E-state index contributed by atoms with van der Waals surface area (Å²) in [7, 11) is 1.56. The third-order valence-corrected chi connectivity index (χ3v) is 3.35. The van der Waals surface area contributed by atoms with Crippen LogP contribution in [0.3, 0.4) is 0 Å². The lowest BCUT2D eigenvalue weighted by Gasteiger charge is -2.08. The Balaban J connectivity index is 2.64. The zero-order valence-electron chi connectivity index (χ0n) is 9.58. The van der Waals surface area contributed by atoms with Crippen molar-refractivity contribution in [3.8, 4) is 22.9 Å². The SMILES string of the molecule is COc1cc(C#N)cc(-c2cccc(Cl)c2Cl)c1. The monoisotopic (exact) mass is 277 g/mol. The molecule has 0 amide bonds. The molecule has 2 rings (SSSR count). The molecule has 2 aromatic carbocycles. The largest absolute Gasteiger partial charge is 0.497 e. The number of hydrogen-bond donors (Lipinski definition) is 0. The number of rotatable bonds is 2. The zero-order chi connectivity index (χ0) is 13.1. The van der Waals surface area contributed by atoms with Gasteiger partial charge in [0.05, 0.1) is 28.8 Å². The lowest BCUT2D eigenvalue weighted by Crippen LogP contribution is -1.88. The Hall–Kier alpha value is -1.69. The van der Waals surface area contributed by atoms with Crippen LogP contribution in [-0.2, 0) is 0 Å². The molecular weight excluding hydrogens is 269 g/mol. The summed E-state index contributed by atoms with van der Waals surface area (Å²) in [6.45, 7) is 0. The first-order chi connectivity index (χ1) is 8.65. The highest BCUT2D eigenvalue weighted by Crippen LogP contribution is 2.35. The normalized spacial score (nSPS) is 9.89. The van der Waals surface area contributed by atoms with Gasteiger partial charge in [0, 0.05) is 5.56 Å². The molecule has 90 valence electrons. The highest BCUT2D eigenvalue weighted by atomic mass is 35.5. The van der Waals surface area contributed by atoms with E-state index in [0.717, 1.165) is 11.1 Å². The van der Waals surface area contributed by atoms with Gasteiger partial charge in [0.1, 0.15) is 5.75 Å². The van der Waals surface area contributed by atoms with Gasteiger partial charge in [0.2, 0.25) is 0 Å². The molecule has 0 aliphatic rings. The average molecular weight is 278 g/mol. The first-order valence-corrected chi connectivity index (χ1v) is 5.95. The fraction of sp³-hybridized carbons (Fsp3) is 0.0714. The van der Waals surface area contributed by atoms with Crippen LogP contribution < -0.4 is 4.74 Å². The van der Waals surface area contributed by atoms with Crippen molar-refractivity contribution in [3.63, 3.8) is 0 Å². The lowest BCUT2D eigenvalue weighted by molar-refractivity contribution is 0.415. The molecule has 4 heteroatoms. The summed E-state index contributed by atoms with van der Waals surface area (Å²) in [6.07, 6.45) is 0. The molecule has 0 bridgehead atoms. The molecule has 0 N–H and O–H groups in total. The van der Waals surface area contributed by atoms with E-state index >= 15 is 0 Å². The number of halogens is 2. The van der Waals surface area contributed by atoms with Crippen LogP contribution in [0, 0.1) is 11.3 Å². The van der Waals surface area contributed by atoms with E-state index in [4.69, 9.17) is 33.2 Å². The van der Waals surface area contributed by atoms with Crippen LogP contribution in [0.25, 0.3) is 11.1 Å². The van der Waals surface area contributed by atoms with Crippen molar-refractivity contribution in [2.75, 3.05) is 7.11 Å². The quantitative estimate of drug-likeness (QED) is 0.807. The molecule has 0 aliphatic heterocycles. The molecule has 2 aromatic rings. The van der Waals surface area contributed by atoms with E-state index in [1.165, 1.54) is 0 Å². The molecule has 0 spiro atoms. The van der Waals surface area contributed by atoms with E-state index in [1.807, 2.05) is 18.2 Å². The number of benzene rings is 2. The fourth-order valence-corrected chi connectivity index (χ4v) is 2.07. The van der Waals surface area contributed by atoms with Crippen LogP contribution >= 0.6 is 23.2 Å². The van der Waals surface area contributed by atoms with E-state index < -0.39 is 0 Å². The Morgan fingerprint density at radius 1 is 1.17 bits per heavy atom. The van der Waals surface area contributed by atoms with Gasteiger partial charge in [0.25, 0.3) is 0 Å². The van der Waals surface area contributed by atoms with Gasteiger partial charge in [-0.15, -0.1) is 0 Å². The minimum absolute atomic E-state index is 0.469. The maximum atomic E-state index is 8.99. The first kappa shape index (κ1) is 12.8. The topological polar surface area (TPSA) is 33.0 Å². The summed E-state index contributed by atoms with van der Waals surface area (Å²) < 4.78 is 5.16. The van der Waals surface area contributed by atoms with Crippen molar-refractivity contribution in [2.24, 2.45) is 0 Å².